The van der Waals surface area contributed by atoms with E-state index in [0.29, 0.717) is 5.56 Å². The van der Waals surface area contributed by atoms with Crippen molar-refractivity contribution in [1.82, 2.24) is 20.3 Å². The van der Waals surface area contributed by atoms with Gasteiger partial charge in [-0.2, -0.15) is 0 Å². The van der Waals surface area contributed by atoms with E-state index >= 15 is 0 Å². The molecule has 2 heterocycles. The van der Waals surface area contributed by atoms with E-state index in [2.05, 4.69) is 15.6 Å². The van der Waals surface area contributed by atoms with Gasteiger partial charge in [-0.05, 0) is 51.1 Å². The maximum absolute atomic E-state index is 12.3. The first-order valence-corrected chi connectivity index (χ1v) is 7.29. The number of aromatic nitrogens is 3. The van der Waals surface area contributed by atoms with E-state index in [0.717, 1.165) is 29.1 Å². The Balaban J connectivity index is 1.80. The van der Waals surface area contributed by atoms with E-state index in [9.17, 15) is 4.79 Å². The molecular formula is C16H18N4O2. The number of furan rings is 1. The Morgan fingerprint density at radius 3 is 2.86 bits per heavy atom. The molecule has 2 aromatic heterocycles. The molecule has 0 radical (unpaired) electrons. The van der Waals surface area contributed by atoms with Crippen LogP contribution in [0, 0.1) is 6.92 Å². The Labute approximate surface area is 128 Å². The van der Waals surface area contributed by atoms with Crippen LogP contribution in [0.1, 0.15) is 41.8 Å². The smallest absolute Gasteiger partial charge is 0.251 e. The number of benzene rings is 1. The van der Waals surface area contributed by atoms with Gasteiger partial charge in [0.15, 0.2) is 0 Å². The number of fused-ring (bicyclic) bond motifs is 1. The third-order valence-corrected chi connectivity index (χ3v) is 3.61. The topological polar surface area (TPSA) is 73.0 Å². The minimum atomic E-state index is -0.191. The molecule has 0 spiro atoms. The normalized spacial score (nSPS) is 12.5. The monoisotopic (exact) mass is 298 g/mol. The Morgan fingerprint density at radius 1 is 1.36 bits per heavy atom. The molecule has 1 N–H and O–H groups in total. The fourth-order valence-corrected chi connectivity index (χ4v) is 2.38. The van der Waals surface area contributed by atoms with E-state index in [1.54, 1.807) is 16.8 Å². The standard InChI is InChI=1S/C16H18N4O2/c1-4-20-14-7-6-12(9-13(14)18-19-20)16(21)17-11(3)15-8-5-10(2)22-15/h5-9,11H,4H2,1-3H3,(H,17,21). The molecular weight excluding hydrogens is 280 g/mol. The SMILES string of the molecule is CCn1nnc2cc(C(=O)NC(C)c3ccc(C)o3)ccc21. The van der Waals surface area contributed by atoms with Crippen LogP contribution in [0.2, 0.25) is 0 Å². The van der Waals surface area contributed by atoms with Gasteiger partial charge in [0.05, 0.1) is 11.6 Å². The molecule has 114 valence electrons. The van der Waals surface area contributed by atoms with Gasteiger partial charge in [0, 0.05) is 12.1 Å². The van der Waals surface area contributed by atoms with Crippen molar-refractivity contribution >= 4 is 16.9 Å². The molecule has 1 unspecified atom stereocenters. The molecule has 1 atom stereocenters. The Kier molecular flexibility index (Phi) is 3.66. The second kappa shape index (κ2) is 5.63. The molecule has 0 aliphatic heterocycles. The van der Waals surface area contributed by atoms with Gasteiger partial charge in [0.1, 0.15) is 17.0 Å². The number of aryl methyl sites for hydroxylation is 2. The van der Waals surface area contributed by atoms with Crippen LogP contribution in [-0.2, 0) is 6.54 Å². The number of amides is 1. The van der Waals surface area contributed by atoms with Crippen molar-refractivity contribution in [2.75, 3.05) is 0 Å². The third-order valence-electron chi connectivity index (χ3n) is 3.61. The lowest BCUT2D eigenvalue weighted by Gasteiger charge is -2.11. The number of nitrogens with one attached hydrogen (secondary N) is 1. The lowest BCUT2D eigenvalue weighted by Crippen LogP contribution is -2.26. The van der Waals surface area contributed by atoms with Gasteiger partial charge < -0.3 is 9.73 Å². The van der Waals surface area contributed by atoms with Gasteiger partial charge in [-0.25, -0.2) is 4.68 Å². The molecule has 0 saturated carbocycles. The molecule has 3 rings (SSSR count). The van der Waals surface area contributed by atoms with Gasteiger partial charge >= 0.3 is 0 Å². The minimum absolute atomic E-state index is 0.158. The predicted molar refractivity (Wildman–Crippen MR) is 82.5 cm³/mol. The van der Waals surface area contributed by atoms with Crippen LogP contribution in [0.15, 0.2) is 34.7 Å². The van der Waals surface area contributed by atoms with E-state index in [1.807, 2.05) is 39.0 Å². The fraction of sp³-hybridized carbons (Fsp3) is 0.312. The fourth-order valence-electron chi connectivity index (χ4n) is 2.38. The molecule has 0 bridgehead atoms. The first-order valence-electron chi connectivity index (χ1n) is 7.29. The molecule has 0 aliphatic carbocycles. The van der Waals surface area contributed by atoms with Crippen molar-refractivity contribution in [3.63, 3.8) is 0 Å². The van der Waals surface area contributed by atoms with Crippen LogP contribution in [-0.4, -0.2) is 20.9 Å². The maximum atomic E-state index is 12.3. The Morgan fingerprint density at radius 2 is 2.18 bits per heavy atom. The van der Waals surface area contributed by atoms with Gasteiger partial charge in [0.25, 0.3) is 5.91 Å². The largest absolute Gasteiger partial charge is 0.464 e. The summed E-state index contributed by atoms with van der Waals surface area (Å²) in [4.78, 5) is 12.3. The van der Waals surface area contributed by atoms with E-state index in [1.165, 1.54) is 0 Å². The van der Waals surface area contributed by atoms with Crippen LogP contribution in [0.4, 0.5) is 0 Å². The number of rotatable bonds is 4. The van der Waals surface area contributed by atoms with Crippen molar-refractivity contribution < 1.29 is 9.21 Å². The van der Waals surface area contributed by atoms with Crippen LogP contribution >= 0.6 is 0 Å². The Bertz CT molecular complexity index is 819. The lowest BCUT2D eigenvalue weighted by molar-refractivity contribution is 0.0935. The summed E-state index contributed by atoms with van der Waals surface area (Å²) in [5, 5.41) is 11.1. The van der Waals surface area contributed by atoms with Crippen LogP contribution in [0.3, 0.4) is 0 Å². The third kappa shape index (κ3) is 2.59. The summed E-state index contributed by atoms with van der Waals surface area (Å²) in [5.41, 5.74) is 2.20. The molecule has 0 fully saturated rings. The quantitative estimate of drug-likeness (QED) is 0.804. The molecule has 22 heavy (non-hydrogen) atoms. The number of carbonyl (C=O) groups is 1. The van der Waals surface area contributed by atoms with Crippen molar-refractivity contribution in [1.29, 1.82) is 0 Å². The highest BCUT2D eigenvalue weighted by Gasteiger charge is 2.15. The van der Waals surface area contributed by atoms with E-state index < -0.39 is 0 Å². The zero-order valence-electron chi connectivity index (χ0n) is 12.8. The Hall–Kier alpha value is -2.63. The summed E-state index contributed by atoms with van der Waals surface area (Å²) in [7, 11) is 0. The van der Waals surface area contributed by atoms with Crippen molar-refractivity contribution in [2.24, 2.45) is 0 Å². The average molecular weight is 298 g/mol. The van der Waals surface area contributed by atoms with E-state index in [-0.39, 0.29) is 11.9 Å². The van der Waals surface area contributed by atoms with Crippen LogP contribution in [0.25, 0.3) is 11.0 Å². The molecule has 6 heteroatoms. The lowest BCUT2D eigenvalue weighted by atomic mass is 10.1. The zero-order chi connectivity index (χ0) is 15.7. The van der Waals surface area contributed by atoms with Crippen molar-refractivity contribution in [3.8, 4) is 0 Å². The summed E-state index contributed by atoms with van der Waals surface area (Å²) >= 11 is 0. The zero-order valence-corrected chi connectivity index (χ0v) is 12.8. The number of nitrogens with zero attached hydrogens (tertiary/aromatic N) is 3. The summed E-state index contributed by atoms with van der Waals surface area (Å²) in [6.07, 6.45) is 0. The van der Waals surface area contributed by atoms with Gasteiger partial charge in [-0.3, -0.25) is 4.79 Å². The summed E-state index contributed by atoms with van der Waals surface area (Å²) in [6.45, 7) is 6.52. The highest BCUT2D eigenvalue weighted by Crippen LogP contribution is 2.18. The van der Waals surface area contributed by atoms with Gasteiger partial charge in [-0.15, -0.1) is 5.10 Å². The summed E-state index contributed by atoms with van der Waals surface area (Å²) < 4.78 is 7.33. The van der Waals surface area contributed by atoms with Gasteiger partial charge in [0.2, 0.25) is 0 Å². The summed E-state index contributed by atoms with van der Waals surface area (Å²) in [5.74, 6) is 1.41. The number of carbonyl (C=O) groups excluding carboxylic acids is 1. The predicted octanol–water partition coefficient (Wildman–Crippen LogP) is 2.84. The second-order valence-electron chi connectivity index (χ2n) is 5.25. The van der Waals surface area contributed by atoms with Crippen LogP contribution in [0.5, 0.6) is 0 Å². The van der Waals surface area contributed by atoms with Crippen LogP contribution < -0.4 is 5.32 Å². The highest BCUT2D eigenvalue weighted by molar-refractivity contribution is 5.97. The van der Waals surface area contributed by atoms with Crippen molar-refractivity contribution in [2.45, 2.75) is 33.4 Å². The molecule has 6 nitrogen and oxygen atoms in total. The minimum Gasteiger partial charge on any atom is -0.464 e. The number of hydrogen-bond acceptors (Lipinski definition) is 4. The van der Waals surface area contributed by atoms with Gasteiger partial charge in [-0.1, -0.05) is 5.21 Å². The van der Waals surface area contributed by atoms with E-state index in [4.69, 9.17) is 4.42 Å². The van der Waals surface area contributed by atoms with Crippen molar-refractivity contribution in [3.05, 3.63) is 47.4 Å². The average Bonchev–Trinajstić information content (AvgIpc) is 3.12. The maximum Gasteiger partial charge on any atom is 0.251 e. The number of hydrogen-bond donors (Lipinski definition) is 1. The first-order chi connectivity index (χ1) is 10.6. The molecule has 0 saturated heterocycles. The molecule has 1 aromatic carbocycles. The molecule has 3 aromatic rings. The first kappa shape index (κ1) is 14.3. The molecule has 1 amide bonds. The second-order valence-corrected chi connectivity index (χ2v) is 5.25. The summed E-state index contributed by atoms with van der Waals surface area (Å²) in [6, 6.07) is 8.97. The highest BCUT2D eigenvalue weighted by atomic mass is 16.3. The molecule has 0 aliphatic rings.